The van der Waals surface area contributed by atoms with E-state index in [0.29, 0.717) is 97.5 Å². The van der Waals surface area contributed by atoms with E-state index in [4.69, 9.17) is 15.5 Å². The van der Waals surface area contributed by atoms with Gasteiger partial charge in [0.25, 0.3) is 51.9 Å². The van der Waals surface area contributed by atoms with Crippen molar-refractivity contribution in [2.75, 3.05) is 29.0 Å². The fraction of sp³-hybridized carbons (Fsp3) is 0.300. The first-order chi connectivity index (χ1) is 46.9. The number of aromatic amines is 1. The maximum absolute atomic E-state index is 13.6. The summed E-state index contributed by atoms with van der Waals surface area (Å²) in [6.45, 7) is 12.6. The molecule has 0 fully saturated rings. The van der Waals surface area contributed by atoms with Gasteiger partial charge in [-0.25, -0.2) is 14.8 Å². The van der Waals surface area contributed by atoms with Gasteiger partial charge in [0.05, 0.1) is 38.7 Å². The van der Waals surface area contributed by atoms with Crippen molar-refractivity contribution < 1.29 is 71.3 Å². The average Bonchev–Trinajstić information content (AvgIpc) is 1.03. The molecule has 0 bridgehead atoms. The lowest BCUT2D eigenvalue weighted by Gasteiger charge is -2.30. The molecule has 26 nitrogen and oxygen atoms in total. The lowest BCUT2D eigenvalue weighted by atomic mass is 9.75. The van der Waals surface area contributed by atoms with Crippen LogP contribution in [-0.4, -0.2) is 124 Å². The van der Waals surface area contributed by atoms with Crippen LogP contribution in [0.15, 0.2) is 182 Å². The van der Waals surface area contributed by atoms with Crippen molar-refractivity contribution in [3.8, 4) is 5.75 Å². The quantitative estimate of drug-likeness (QED) is 0.0190. The summed E-state index contributed by atoms with van der Waals surface area (Å²) < 4.78 is 146. The molecular weight excluding hydrogens is 1370 g/mol. The number of carboxylic acid groups (broad SMARTS) is 1. The number of nitrogens with one attached hydrogen (secondary N) is 3. The number of rotatable bonds is 25. The van der Waals surface area contributed by atoms with E-state index < -0.39 is 85.3 Å². The van der Waals surface area contributed by atoms with Gasteiger partial charge in [0, 0.05) is 58.7 Å². The summed E-state index contributed by atoms with van der Waals surface area (Å²) in [6.07, 6.45) is 10.2. The van der Waals surface area contributed by atoms with Gasteiger partial charge in [-0.3, -0.25) is 37.8 Å². The largest absolute Gasteiger partial charge is 0.480 e. The lowest BCUT2D eigenvalue weighted by molar-refractivity contribution is -0.139. The number of allylic oxidation sites excluding steroid dienone is 7. The van der Waals surface area contributed by atoms with Gasteiger partial charge in [0.15, 0.2) is 11.2 Å². The molecule has 526 valence electrons. The normalized spacial score (nSPS) is 16.6. The van der Waals surface area contributed by atoms with Gasteiger partial charge >= 0.3 is 5.97 Å². The maximum Gasteiger partial charge on any atom is 0.326 e. The van der Waals surface area contributed by atoms with Crippen LogP contribution in [-0.2, 0) is 69.1 Å². The van der Waals surface area contributed by atoms with E-state index in [-0.39, 0.29) is 71.4 Å². The summed E-state index contributed by atoms with van der Waals surface area (Å²) in [7, 11) is -18.0. The second kappa shape index (κ2) is 28.6. The number of carboxylic acids is 1. The predicted octanol–water partition coefficient (Wildman–Crippen LogP) is 10.2. The molecule has 0 spiro atoms. The number of nitrogens with two attached hydrogens (primary N) is 1. The molecular formula is C70H75N9O17S4. The standard InChI is InChI=1S/C70H75N9O17S4/c1-40-11-14-47-36-52(99(90,91)92)24-26-54(47)60(40)69(4,5)58(72-33-31-41(2)97(84,85)86)29-18-44-9-8-10-45(19-30-59-70(6,7)61-55-27-25-53(100(93,94)95)37-48(55)17-28-57(61)79(59)34-32-42(3)98(87,88)89)63(44)96-51-22-12-43(13-23-51)35-56(67(82)83)76-65(80)46-15-20-49(21-16-46)73-38-50-39-74-64-62(75-50)66(81)78-68(71)77-64/h11-30,36-37,39,41-42,56,73H,8-10,31-35,38H2,1-7H3,(H,76,80)(H,82,83)(H,84,85,86)(H,87,88,89)(H,90,91,92)(H,93,94,95)(H3,71,74,77,78,81)/b29-18+,45-19+,59-30+,72-58+/t41?,42?,56-/m0/s1. The molecule has 3 atom stereocenters. The molecule has 30 heteroatoms. The molecule has 100 heavy (non-hydrogen) atoms. The highest BCUT2D eigenvalue weighted by atomic mass is 32.2. The zero-order valence-corrected chi connectivity index (χ0v) is 58.7. The average molecular weight is 1440 g/mol. The minimum Gasteiger partial charge on any atom is -0.480 e. The minimum absolute atomic E-state index is 0.000396. The number of anilines is 3. The van der Waals surface area contributed by atoms with Crippen LogP contribution in [0.25, 0.3) is 32.7 Å². The van der Waals surface area contributed by atoms with E-state index >= 15 is 0 Å². The van der Waals surface area contributed by atoms with Crippen LogP contribution in [0.5, 0.6) is 5.75 Å². The number of benzene rings is 6. The molecule has 3 heterocycles. The number of H-pyrrole nitrogens is 1. The number of amides is 1. The van der Waals surface area contributed by atoms with Gasteiger partial charge in [-0.05, 0) is 187 Å². The van der Waals surface area contributed by atoms with E-state index in [9.17, 15) is 71.4 Å². The molecule has 10 N–H and O–H groups in total. The number of ether oxygens (including phenoxy) is 1. The van der Waals surface area contributed by atoms with Crippen molar-refractivity contribution in [2.45, 2.75) is 131 Å². The van der Waals surface area contributed by atoms with Crippen LogP contribution in [0.4, 0.5) is 17.3 Å². The number of aryl methyl sites for hydroxylation is 1. The summed E-state index contributed by atoms with van der Waals surface area (Å²) in [4.78, 5) is 60.0. The first-order valence-electron chi connectivity index (χ1n) is 31.7. The van der Waals surface area contributed by atoms with Crippen LogP contribution in [0, 0.1) is 6.92 Å². The van der Waals surface area contributed by atoms with E-state index in [1.807, 2.05) is 63.8 Å². The predicted molar refractivity (Wildman–Crippen MR) is 381 cm³/mol. The number of aromatic nitrogens is 4. The van der Waals surface area contributed by atoms with Crippen LogP contribution < -0.4 is 31.6 Å². The molecule has 2 aromatic heterocycles. The number of nitrogens with zero attached hydrogens (tertiary/aromatic N) is 5. The van der Waals surface area contributed by atoms with E-state index in [2.05, 4.69) is 30.6 Å². The number of carbonyl (C=O) groups is 2. The third-order valence-corrected chi connectivity index (χ3v) is 22.3. The van der Waals surface area contributed by atoms with Crippen LogP contribution >= 0.6 is 0 Å². The first-order valence-corrected chi connectivity index (χ1v) is 37.6. The van der Waals surface area contributed by atoms with Gasteiger partial charge in [0.1, 0.15) is 17.6 Å². The fourth-order valence-corrected chi connectivity index (χ4v) is 14.5. The Morgan fingerprint density at radius 2 is 1.43 bits per heavy atom. The summed E-state index contributed by atoms with van der Waals surface area (Å²) >= 11 is 0. The molecule has 0 saturated carbocycles. The highest BCUT2D eigenvalue weighted by molar-refractivity contribution is 7.87. The third kappa shape index (κ3) is 16.3. The van der Waals surface area contributed by atoms with Crippen LogP contribution in [0.1, 0.15) is 112 Å². The number of nitrogen functional groups attached to an aromatic ring is 1. The zero-order valence-electron chi connectivity index (χ0n) is 55.5. The number of hydrogen-bond donors (Lipinski definition) is 9. The third-order valence-electron chi connectivity index (χ3n) is 18.1. The van der Waals surface area contributed by atoms with Crippen LogP contribution in [0.3, 0.4) is 0 Å². The van der Waals surface area contributed by atoms with Gasteiger partial charge in [-0.15, -0.1) is 0 Å². The van der Waals surface area contributed by atoms with Crippen LogP contribution in [0.2, 0.25) is 0 Å². The Morgan fingerprint density at radius 3 is 2.07 bits per heavy atom. The number of hydrogen-bond acceptors (Lipinski definition) is 19. The summed E-state index contributed by atoms with van der Waals surface area (Å²) in [6, 6.07) is 27.2. The monoisotopic (exact) mass is 1440 g/mol. The summed E-state index contributed by atoms with van der Waals surface area (Å²) in [5, 5.41) is 16.2. The minimum atomic E-state index is -4.58. The Kier molecular flexibility index (Phi) is 20.9. The molecule has 8 aromatic rings. The number of carbonyl (C=O) groups excluding carboxylic acids is 1. The van der Waals surface area contributed by atoms with E-state index in [0.717, 1.165) is 16.7 Å². The van der Waals surface area contributed by atoms with Crippen molar-refractivity contribution in [1.82, 2.24) is 25.3 Å². The summed E-state index contributed by atoms with van der Waals surface area (Å²) in [5.74, 6) is -1.31. The number of aliphatic imine (C=N–C) groups is 1. The molecule has 1 amide bonds. The van der Waals surface area contributed by atoms with Crippen molar-refractivity contribution in [3.05, 3.63) is 206 Å². The highest BCUT2D eigenvalue weighted by Gasteiger charge is 2.42. The highest BCUT2D eigenvalue weighted by Crippen LogP contribution is 2.51. The smallest absolute Gasteiger partial charge is 0.326 e. The zero-order chi connectivity index (χ0) is 72.6. The van der Waals surface area contributed by atoms with Crippen molar-refractivity contribution >= 4 is 108 Å². The Balaban J connectivity index is 1.01. The Hall–Kier alpha value is -9.53. The molecule has 1 aliphatic heterocycles. The van der Waals surface area contributed by atoms with Gasteiger partial charge < -0.3 is 31.1 Å². The second-order valence-electron chi connectivity index (χ2n) is 25.8. The van der Waals surface area contributed by atoms with Crippen molar-refractivity contribution in [2.24, 2.45) is 4.99 Å². The Bertz CT molecular complexity index is 5310. The lowest BCUT2D eigenvalue weighted by Crippen LogP contribution is -2.42. The molecule has 0 saturated heterocycles. The Morgan fingerprint density at radius 1 is 0.800 bits per heavy atom. The first kappa shape index (κ1) is 73.2. The van der Waals surface area contributed by atoms with Gasteiger partial charge in [-0.1, -0.05) is 82.3 Å². The van der Waals surface area contributed by atoms with Gasteiger partial charge in [-0.2, -0.15) is 38.7 Å². The number of aliphatic carboxylic acids is 1. The van der Waals surface area contributed by atoms with Gasteiger partial charge in [0.2, 0.25) is 5.95 Å². The summed E-state index contributed by atoms with van der Waals surface area (Å²) in [5.41, 5.74) is 10.5. The fourth-order valence-electron chi connectivity index (χ4n) is 12.6. The van der Waals surface area contributed by atoms with E-state index in [1.54, 1.807) is 72.8 Å². The van der Waals surface area contributed by atoms with Crippen molar-refractivity contribution in [1.29, 1.82) is 0 Å². The molecule has 2 unspecified atom stereocenters. The number of fused-ring (bicyclic) bond motifs is 5. The second-order valence-corrected chi connectivity index (χ2v) is 32.4. The molecule has 0 radical (unpaired) electrons. The Labute approximate surface area is 577 Å². The van der Waals surface area contributed by atoms with Crippen molar-refractivity contribution in [3.63, 3.8) is 0 Å². The maximum atomic E-state index is 13.6. The topological polar surface area (TPSA) is 418 Å². The molecule has 1 aliphatic carbocycles. The molecule has 6 aromatic carbocycles. The van der Waals surface area contributed by atoms with E-state index in [1.165, 1.54) is 56.4 Å². The molecule has 10 rings (SSSR count). The molecule has 2 aliphatic rings. The SMILES string of the molecule is Cc1ccc2cc(S(=O)(=O)O)ccc2c1C(C)(C)C(/C=C/C1=C(Oc2ccc(C[C@H](NC(=O)c3ccc(NCc4cnc5nc(N)[nH]c(=O)c5n4)cc3)C(=O)O)cc2)C(=C/C=C2/N(CCC(C)S(=O)(=O)O)c3ccc4cc(S(=O)(=O)O)ccc4c3C2(C)C)/CCC1)=N/CCC(C)S(=O)(=O)O.